The number of hydrogen-bond acceptors (Lipinski definition) is 0. The van der Waals surface area contributed by atoms with Crippen LogP contribution in [0.5, 0.6) is 0 Å². The third kappa shape index (κ3) is 19.4. The van der Waals surface area contributed by atoms with E-state index in [0.29, 0.717) is 0 Å². The van der Waals surface area contributed by atoms with E-state index in [1.54, 1.807) is 0 Å². The van der Waals surface area contributed by atoms with Crippen molar-refractivity contribution in [3.05, 3.63) is 0 Å². The van der Waals surface area contributed by atoms with Crippen LogP contribution < -0.4 is 0 Å². The van der Waals surface area contributed by atoms with E-state index in [1.165, 1.54) is 0 Å². The molecular formula is V4W. The molecule has 0 saturated carbocycles. The fourth-order valence-electron chi connectivity index (χ4n) is 0. The van der Waals surface area contributed by atoms with Gasteiger partial charge in [-0.3, -0.25) is 0 Å². The minimum Gasteiger partial charge on any atom is 0 e. The Bertz CT molecular complexity index is 5.61. The van der Waals surface area contributed by atoms with Gasteiger partial charge in [0.25, 0.3) is 0 Å². The maximum atomic E-state index is 2.25. The summed E-state index contributed by atoms with van der Waals surface area (Å²) in [6.45, 7) is 0. The summed E-state index contributed by atoms with van der Waals surface area (Å²) in [7, 11) is 0. The van der Waals surface area contributed by atoms with Crippen LogP contribution in [0.1, 0.15) is 0 Å². The second-order valence-electron chi connectivity index (χ2n) is 0. The van der Waals surface area contributed by atoms with Gasteiger partial charge in [0.05, 0.1) is 0 Å². The van der Waals surface area contributed by atoms with Crippen LogP contribution in [0.3, 0.4) is 0 Å². The zero-order chi connectivity index (χ0) is 4.00. The van der Waals surface area contributed by atoms with Crippen molar-refractivity contribution in [3.63, 3.8) is 0 Å². The first-order valence-electron chi connectivity index (χ1n) is 0.400. The van der Waals surface area contributed by atoms with E-state index in [-0.39, 0.29) is 21.1 Å². The van der Waals surface area contributed by atoms with Crippen molar-refractivity contribution in [2.45, 2.75) is 0 Å². The maximum absolute atomic E-state index is 2.25. The molecular weight excluding hydrogens is 388 g/mol. The quantitative estimate of drug-likeness (QED) is 0.548. The molecule has 5 heavy (non-hydrogen) atoms. The van der Waals surface area contributed by atoms with Gasteiger partial charge in [-0.15, -0.1) is 0 Å². The Morgan fingerprint density at radius 3 is 0.600 bits per heavy atom. The van der Waals surface area contributed by atoms with E-state index < -0.39 is 0 Å². The normalized spacial score (nSPS) is 0.800. The van der Waals surface area contributed by atoms with Crippen molar-refractivity contribution in [3.8, 4) is 0 Å². The second kappa shape index (κ2) is 27.9. The van der Waals surface area contributed by atoms with Crippen LogP contribution >= 0.6 is 0 Å². The van der Waals surface area contributed by atoms with Crippen LogP contribution in [0.2, 0.25) is 0 Å². The van der Waals surface area contributed by atoms with Crippen molar-refractivity contribution in [2.24, 2.45) is 0 Å². The molecule has 0 aliphatic heterocycles. The van der Waals surface area contributed by atoms with Crippen molar-refractivity contribution < 1.29 is 79.6 Å². The first kappa shape index (κ1) is 15.7. The fraction of sp³-hybridized carbons (Fsp3) is 0. The van der Waals surface area contributed by atoms with E-state index in [9.17, 15) is 0 Å². The van der Waals surface area contributed by atoms with Gasteiger partial charge in [-0.2, -0.15) is 0 Å². The Morgan fingerprint density at radius 2 is 0.600 bits per heavy atom. The molecule has 0 saturated heterocycles. The SMILES string of the molecule is [V]=[V].[V]=[V].[W]. The first-order chi connectivity index (χ1) is 2.00. The predicted molar refractivity (Wildman–Crippen MR) is 0 cm³/mol. The maximum Gasteiger partial charge on any atom is 0 e. The van der Waals surface area contributed by atoms with Crippen LogP contribution in [0, 0.1) is 0 Å². The molecule has 0 aromatic heterocycles. The van der Waals surface area contributed by atoms with E-state index in [0.717, 1.165) is 0 Å². The zero-order valence-corrected chi connectivity index (χ0v) is 10.7. The van der Waals surface area contributed by atoms with Gasteiger partial charge in [0, 0.05) is 21.1 Å². The summed E-state index contributed by atoms with van der Waals surface area (Å²) in [6.07, 6.45) is 0. The summed E-state index contributed by atoms with van der Waals surface area (Å²) in [5.74, 6) is 0. The molecule has 26 valence electrons. The molecule has 5 heteroatoms. The topological polar surface area (TPSA) is 0 Å². The van der Waals surface area contributed by atoms with Gasteiger partial charge in [-0.1, -0.05) is 0 Å². The summed E-state index contributed by atoms with van der Waals surface area (Å²) in [5.41, 5.74) is 0. The molecule has 0 aliphatic rings. The van der Waals surface area contributed by atoms with Crippen LogP contribution in [0.25, 0.3) is 0 Å². The fourth-order valence-corrected chi connectivity index (χ4v) is 0. The minimum atomic E-state index is 0. The van der Waals surface area contributed by atoms with Gasteiger partial charge in [-0.05, 0) is 0 Å². The molecule has 0 atom stereocenters. The predicted octanol–water partition coefficient (Wildman–Crippen LogP) is -0.0125. The molecule has 0 unspecified atom stereocenters. The third-order valence-electron chi connectivity index (χ3n) is 0. The van der Waals surface area contributed by atoms with Gasteiger partial charge in [0.15, 0.2) is 0 Å². The van der Waals surface area contributed by atoms with Crippen molar-refractivity contribution >= 4 is 0 Å². The summed E-state index contributed by atoms with van der Waals surface area (Å²) in [5, 5.41) is 0. The third-order valence-corrected chi connectivity index (χ3v) is 0. The van der Waals surface area contributed by atoms with E-state index in [1.807, 2.05) is 0 Å². The second-order valence-corrected chi connectivity index (χ2v) is 0. The molecule has 0 heterocycles. The molecule has 0 aromatic rings. The van der Waals surface area contributed by atoms with Crippen LogP contribution in [0.15, 0.2) is 0 Å². The summed E-state index contributed by atoms with van der Waals surface area (Å²) in [4.78, 5) is 0. The van der Waals surface area contributed by atoms with E-state index >= 15 is 0 Å². The van der Waals surface area contributed by atoms with Crippen LogP contribution in [-0.2, 0) is 79.6 Å². The number of rotatable bonds is 0. The smallest absolute Gasteiger partial charge is 0 e. The molecule has 0 aromatic carbocycles. The molecule has 0 N–H and O–H groups in total. The molecule has 0 spiro atoms. The molecule has 0 radical (unpaired) electrons. The Hall–Kier alpha value is 3.03. The van der Waals surface area contributed by atoms with Gasteiger partial charge in [0.1, 0.15) is 0 Å². The van der Waals surface area contributed by atoms with Gasteiger partial charge < -0.3 is 0 Å². The average Bonchev–Trinajstić information content (AvgIpc) is 1.50. The van der Waals surface area contributed by atoms with Gasteiger partial charge >= 0.3 is 58.5 Å². The summed E-state index contributed by atoms with van der Waals surface area (Å²) < 4.78 is 0. The Labute approximate surface area is 78.1 Å². The van der Waals surface area contributed by atoms with Crippen LogP contribution in [-0.4, -0.2) is 0 Å². The average molecular weight is 388 g/mol. The largest absolute Gasteiger partial charge is 0 e. The monoisotopic (exact) mass is 388 g/mol. The molecule has 0 rings (SSSR count). The van der Waals surface area contributed by atoms with Crippen molar-refractivity contribution in [1.82, 2.24) is 0 Å². The molecule has 0 aliphatic carbocycles. The molecule has 0 amide bonds. The summed E-state index contributed by atoms with van der Waals surface area (Å²) >= 11 is 9.00. The molecule has 0 fully saturated rings. The molecule has 0 nitrogen and oxygen atoms in total. The minimum absolute atomic E-state index is 0. The standard InChI is InChI=1S/4V.W. The Kier molecular flexibility index (Phi) is 87.4. The van der Waals surface area contributed by atoms with Crippen molar-refractivity contribution in [1.29, 1.82) is 0 Å². The van der Waals surface area contributed by atoms with Gasteiger partial charge in [0.2, 0.25) is 0 Å². The first-order valence-corrected chi connectivity index (χ1v) is 6.80. The van der Waals surface area contributed by atoms with Gasteiger partial charge in [-0.25, -0.2) is 0 Å². The van der Waals surface area contributed by atoms with Crippen molar-refractivity contribution in [2.75, 3.05) is 0 Å². The van der Waals surface area contributed by atoms with E-state index in [4.69, 9.17) is 0 Å². The summed E-state index contributed by atoms with van der Waals surface area (Å²) in [6, 6.07) is 0. The Morgan fingerprint density at radius 1 is 0.600 bits per heavy atom. The number of hydrogen-bond donors (Lipinski definition) is 0. The van der Waals surface area contributed by atoms with E-state index in [2.05, 4.69) is 58.5 Å². The molecule has 0 bridgehead atoms. The van der Waals surface area contributed by atoms with Crippen LogP contribution in [0.4, 0.5) is 0 Å². The zero-order valence-electron chi connectivity index (χ0n) is 2.20. The Balaban J connectivity index is -0.0000000133.